The van der Waals surface area contributed by atoms with E-state index in [4.69, 9.17) is 0 Å². The van der Waals surface area contributed by atoms with E-state index in [1.165, 1.54) is 24.3 Å². The molecule has 1 aromatic carbocycles. The van der Waals surface area contributed by atoms with Gasteiger partial charge >= 0.3 is 0 Å². The number of nitrogens with one attached hydrogen (secondary N) is 2. The third-order valence-corrected chi connectivity index (χ3v) is 2.58. The normalized spacial score (nSPS) is 10.1. The van der Waals surface area contributed by atoms with Crippen molar-refractivity contribution >= 4 is 27.5 Å². The van der Waals surface area contributed by atoms with Crippen LogP contribution >= 0.6 is 15.9 Å². The summed E-state index contributed by atoms with van der Waals surface area (Å²) in [6.45, 7) is 0. The summed E-state index contributed by atoms with van der Waals surface area (Å²) in [5.74, 6) is -1.17. The lowest BCUT2D eigenvalue weighted by molar-refractivity contribution is 0.102. The summed E-state index contributed by atoms with van der Waals surface area (Å²) in [6, 6.07) is 6.67. The number of hydrogen-bond donors (Lipinski definition) is 2. The molecule has 0 fully saturated rings. The van der Waals surface area contributed by atoms with Gasteiger partial charge in [0.15, 0.2) is 0 Å². The van der Waals surface area contributed by atoms with Gasteiger partial charge in [-0.3, -0.25) is 9.59 Å². The van der Waals surface area contributed by atoms with Crippen LogP contribution in [0.25, 0.3) is 0 Å². The minimum atomic E-state index is -0.604. The lowest BCUT2D eigenvalue weighted by Crippen LogP contribution is -2.18. The van der Waals surface area contributed by atoms with Crippen molar-refractivity contribution in [1.29, 1.82) is 0 Å². The number of amides is 1. The van der Waals surface area contributed by atoms with E-state index >= 15 is 0 Å². The second-order valence-corrected chi connectivity index (χ2v) is 4.30. The van der Waals surface area contributed by atoms with Crippen molar-refractivity contribution in [3.63, 3.8) is 0 Å². The minimum Gasteiger partial charge on any atom is -0.318 e. The zero-order valence-electron chi connectivity index (χ0n) is 8.91. The Labute approximate surface area is 109 Å². The van der Waals surface area contributed by atoms with Crippen LogP contribution in [0.5, 0.6) is 0 Å². The van der Waals surface area contributed by atoms with Gasteiger partial charge in [-0.2, -0.15) is 5.10 Å². The average Bonchev–Trinajstić information content (AvgIpc) is 2.33. The molecule has 7 heteroatoms. The second-order valence-electron chi connectivity index (χ2n) is 3.38. The number of halogens is 2. The van der Waals surface area contributed by atoms with Gasteiger partial charge in [0.2, 0.25) is 0 Å². The molecule has 2 rings (SSSR count). The predicted molar refractivity (Wildman–Crippen MR) is 66.9 cm³/mol. The fourth-order valence-corrected chi connectivity index (χ4v) is 1.58. The number of carbonyl (C=O) groups excluding carboxylic acids is 1. The van der Waals surface area contributed by atoms with Crippen LogP contribution in [-0.4, -0.2) is 16.1 Å². The van der Waals surface area contributed by atoms with Crippen molar-refractivity contribution in [3.8, 4) is 0 Å². The van der Waals surface area contributed by atoms with Gasteiger partial charge in [0.25, 0.3) is 11.5 Å². The third kappa shape index (κ3) is 2.80. The number of nitrogens with zero attached hydrogens (tertiary/aromatic N) is 1. The van der Waals surface area contributed by atoms with Crippen molar-refractivity contribution in [2.75, 3.05) is 5.32 Å². The topological polar surface area (TPSA) is 74.8 Å². The fraction of sp³-hybridized carbons (Fsp3) is 0. The Balaban J connectivity index is 2.21. The lowest BCUT2D eigenvalue weighted by Gasteiger charge is -2.05. The monoisotopic (exact) mass is 311 g/mol. The number of benzene rings is 1. The summed E-state index contributed by atoms with van der Waals surface area (Å²) >= 11 is 3.11. The molecular formula is C11H7BrFN3O2. The number of rotatable bonds is 2. The SMILES string of the molecule is O=C(Nc1ccc(Br)cc1F)c1ccc(=O)[nH]n1. The van der Waals surface area contributed by atoms with Crippen molar-refractivity contribution in [2.24, 2.45) is 0 Å². The largest absolute Gasteiger partial charge is 0.318 e. The van der Waals surface area contributed by atoms with Crippen LogP contribution < -0.4 is 10.9 Å². The Morgan fingerprint density at radius 3 is 2.72 bits per heavy atom. The highest BCUT2D eigenvalue weighted by Crippen LogP contribution is 2.19. The zero-order chi connectivity index (χ0) is 13.1. The third-order valence-electron chi connectivity index (χ3n) is 2.09. The lowest BCUT2D eigenvalue weighted by atomic mass is 10.3. The Morgan fingerprint density at radius 2 is 2.11 bits per heavy atom. The van der Waals surface area contributed by atoms with Crippen molar-refractivity contribution in [2.45, 2.75) is 0 Å². The molecule has 1 aromatic heterocycles. The molecule has 1 heterocycles. The number of anilines is 1. The highest BCUT2D eigenvalue weighted by molar-refractivity contribution is 9.10. The van der Waals surface area contributed by atoms with Crippen molar-refractivity contribution in [1.82, 2.24) is 10.2 Å². The van der Waals surface area contributed by atoms with Crippen LogP contribution in [-0.2, 0) is 0 Å². The van der Waals surface area contributed by atoms with Gasteiger partial charge in [-0.1, -0.05) is 15.9 Å². The molecule has 1 amide bonds. The van der Waals surface area contributed by atoms with E-state index in [-0.39, 0.29) is 11.4 Å². The number of carbonyl (C=O) groups is 1. The highest BCUT2D eigenvalue weighted by atomic mass is 79.9. The number of aromatic nitrogens is 2. The highest BCUT2D eigenvalue weighted by Gasteiger charge is 2.10. The van der Waals surface area contributed by atoms with Gasteiger partial charge in [0, 0.05) is 10.5 Å². The standard InChI is InChI=1S/C11H7BrFN3O2/c12-6-1-2-8(7(13)5-6)14-11(18)9-3-4-10(17)16-15-9/h1-5H,(H,14,18)(H,16,17). The minimum absolute atomic E-state index is 0.00285. The van der Waals surface area contributed by atoms with E-state index < -0.39 is 17.3 Å². The van der Waals surface area contributed by atoms with Gasteiger partial charge in [-0.25, -0.2) is 9.49 Å². The van der Waals surface area contributed by atoms with Gasteiger partial charge in [0.05, 0.1) is 5.69 Å². The number of aromatic amines is 1. The maximum atomic E-state index is 13.5. The maximum absolute atomic E-state index is 13.5. The fourth-order valence-electron chi connectivity index (χ4n) is 1.25. The van der Waals surface area contributed by atoms with Gasteiger partial charge in [-0.15, -0.1) is 0 Å². The summed E-state index contributed by atoms with van der Waals surface area (Å²) in [7, 11) is 0. The van der Waals surface area contributed by atoms with E-state index in [0.717, 1.165) is 0 Å². The Bertz CT molecular complexity index is 636. The molecule has 0 bridgehead atoms. The molecule has 0 atom stereocenters. The average molecular weight is 312 g/mol. The molecule has 2 N–H and O–H groups in total. The van der Waals surface area contributed by atoms with Crippen LogP contribution in [0.2, 0.25) is 0 Å². The van der Waals surface area contributed by atoms with Gasteiger partial charge < -0.3 is 5.32 Å². The molecule has 18 heavy (non-hydrogen) atoms. The van der Waals surface area contributed by atoms with E-state index in [9.17, 15) is 14.0 Å². The summed E-state index contributed by atoms with van der Waals surface area (Å²) in [5, 5.41) is 8.02. The van der Waals surface area contributed by atoms with E-state index in [2.05, 4.69) is 31.4 Å². The van der Waals surface area contributed by atoms with E-state index in [1.807, 2.05) is 0 Å². The number of H-pyrrole nitrogens is 1. The van der Waals surface area contributed by atoms with E-state index in [1.54, 1.807) is 6.07 Å². The molecule has 0 aliphatic heterocycles. The Morgan fingerprint density at radius 1 is 1.33 bits per heavy atom. The maximum Gasteiger partial charge on any atom is 0.276 e. The Kier molecular flexibility index (Phi) is 3.52. The molecule has 0 saturated heterocycles. The van der Waals surface area contributed by atoms with Crippen LogP contribution in [0.1, 0.15) is 10.5 Å². The molecule has 0 aliphatic carbocycles. The van der Waals surface area contributed by atoms with E-state index in [0.29, 0.717) is 4.47 Å². The molecule has 0 radical (unpaired) electrons. The van der Waals surface area contributed by atoms with Crippen LogP contribution in [0.3, 0.4) is 0 Å². The summed E-state index contributed by atoms with van der Waals surface area (Å²) in [5.41, 5.74) is -0.380. The summed E-state index contributed by atoms with van der Waals surface area (Å²) in [4.78, 5) is 22.5. The Hall–Kier alpha value is -2.02. The summed E-state index contributed by atoms with van der Waals surface area (Å²) in [6.07, 6.45) is 0. The van der Waals surface area contributed by atoms with Gasteiger partial charge in [0.1, 0.15) is 11.5 Å². The molecule has 0 aliphatic rings. The number of hydrogen-bond acceptors (Lipinski definition) is 3. The zero-order valence-corrected chi connectivity index (χ0v) is 10.5. The van der Waals surface area contributed by atoms with Crippen LogP contribution in [0, 0.1) is 5.82 Å². The van der Waals surface area contributed by atoms with Crippen molar-refractivity contribution in [3.05, 3.63) is 56.7 Å². The van der Waals surface area contributed by atoms with Crippen LogP contribution in [0.15, 0.2) is 39.6 Å². The first-order chi connectivity index (χ1) is 8.56. The molecule has 5 nitrogen and oxygen atoms in total. The first kappa shape index (κ1) is 12.4. The molecule has 0 saturated carbocycles. The smallest absolute Gasteiger partial charge is 0.276 e. The predicted octanol–water partition coefficient (Wildman–Crippen LogP) is 1.92. The van der Waals surface area contributed by atoms with Crippen molar-refractivity contribution < 1.29 is 9.18 Å². The first-order valence-corrected chi connectivity index (χ1v) is 5.68. The quantitative estimate of drug-likeness (QED) is 0.890. The second kappa shape index (κ2) is 5.09. The molecule has 0 unspecified atom stereocenters. The molecule has 2 aromatic rings. The summed E-state index contributed by atoms with van der Waals surface area (Å²) < 4.78 is 14.0. The molecule has 92 valence electrons. The van der Waals surface area contributed by atoms with Gasteiger partial charge in [-0.05, 0) is 24.3 Å². The van der Waals surface area contributed by atoms with Crippen LogP contribution in [0.4, 0.5) is 10.1 Å². The molecule has 0 spiro atoms. The molecular weight excluding hydrogens is 305 g/mol. The first-order valence-electron chi connectivity index (χ1n) is 4.88.